The highest BCUT2D eigenvalue weighted by atomic mass is 35.5. The zero-order chi connectivity index (χ0) is 18.4. The van der Waals surface area contributed by atoms with E-state index in [1.807, 2.05) is 24.3 Å². The number of benzene rings is 1. The summed E-state index contributed by atoms with van der Waals surface area (Å²) in [5.41, 5.74) is 1.96. The van der Waals surface area contributed by atoms with E-state index < -0.39 is 5.91 Å². The van der Waals surface area contributed by atoms with Crippen molar-refractivity contribution in [2.45, 2.75) is 13.5 Å². The van der Waals surface area contributed by atoms with Crippen molar-refractivity contribution in [3.8, 4) is 6.07 Å². The Morgan fingerprint density at radius 3 is 2.80 bits per heavy atom. The van der Waals surface area contributed by atoms with Crippen LogP contribution < -0.4 is 5.32 Å². The summed E-state index contributed by atoms with van der Waals surface area (Å²) in [5.74, 6) is -0.489. The molecule has 128 valence electrons. The molecule has 25 heavy (non-hydrogen) atoms. The number of nitrogens with one attached hydrogen (secondary N) is 1. The number of nitriles is 1. The van der Waals surface area contributed by atoms with E-state index in [0.717, 1.165) is 5.56 Å². The maximum atomic E-state index is 12.0. The van der Waals surface area contributed by atoms with E-state index in [1.165, 1.54) is 12.2 Å². The molecule has 0 aliphatic heterocycles. The lowest BCUT2D eigenvalue weighted by atomic mass is 10.1. The molecule has 0 atom stereocenters. The lowest BCUT2D eigenvalue weighted by molar-refractivity contribution is -0.116. The molecule has 1 N–H and O–H groups in total. The molecule has 2 rings (SSSR count). The summed E-state index contributed by atoms with van der Waals surface area (Å²) in [6.07, 6.45) is 2.97. The van der Waals surface area contributed by atoms with Crippen molar-refractivity contribution >= 4 is 35.2 Å². The first-order valence-corrected chi connectivity index (χ1v) is 8.20. The molecule has 1 aromatic heterocycles. The van der Waals surface area contributed by atoms with Crippen molar-refractivity contribution < 1.29 is 4.79 Å². The van der Waals surface area contributed by atoms with Crippen LogP contribution in [0.5, 0.6) is 0 Å². The highest BCUT2D eigenvalue weighted by Crippen LogP contribution is 2.25. The summed E-state index contributed by atoms with van der Waals surface area (Å²) in [7, 11) is 0. The summed E-state index contributed by atoms with van der Waals surface area (Å²) in [6.45, 7) is 5.94. The lowest BCUT2D eigenvalue weighted by Crippen LogP contribution is -2.24. The Kier molecular flexibility index (Phi) is 6.40. The molecule has 0 unspecified atom stereocenters. The van der Waals surface area contributed by atoms with Gasteiger partial charge in [-0.15, -0.1) is 6.58 Å². The Bertz CT molecular complexity index is 878. The van der Waals surface area contributed by atoms with Gasteiger partial charge in [-0.3, -0.25) is 4.79 Å². The van der Waals surface area contributed by atoms with Gasteiger partial charge in [-0.25, -0.2) is 4.68 Å². The van der Waals surface area contributed by atoms with Crippen LogP contribution in [0.1, 0.15) is 16.8 Å². The minimum absolute atomic E-state index is 0.0517. The van der Waals surface area contributed by atoms with Crippen LogP contribution >= 0.6 is 23.2 Å². The van der Waals surface area contributed by atoms with Gasteiger partial charge >= 0.3 is 0 Å². The Balaban J connectivity index is 2.34. The Labute approximate surface area is 156 Å². The molecule has 0 spiro atoms. The van der Waals surface area contributed by atoms with Crippen LogP contribution in [0.25, 0.3) is 6.08 Å². The zero-order valence-corrected chi connectivity index (χ0v) is 15.1. The number of carbonyl (C=O) groups is 1. The highest BCUT2D eigenvalue weighted by Gasteiger charge is 2.16. The number of carbonyl (C=O) groups excluding carboxylic acids is 1. The van der Waals surface area contributed by atoms with Gasteiger partial charge < -0.3 is 5.32 Å². The molecule has 0 bridgehead atoms. The molecule has 5 nitrogen and oxygen atoms in total. The second-order valence-electron chi connectivity index (χ2n) is 5.21. The third-order valence-electron chi connectivity index (χ3n) is 3.45. The molecule has 0 fully saturated rings. The molecule has 7 heteroatoms. The van der Waals surface area contributed by atoms with Crippen LogP contribution in [-0.4, -0.2) is 22.2 Å². The second kappa shape index (κ2) is 8.52. The Morgan fingerprint density at radius 2 is 2.16 bits per heavy atom. The van der Waals surface area contributed by atoms with Gasteiger partial charge in [-0.2, -0.15) is 10.4 Å². The molecular weight excluding hydrogens is 359 g/mol. The second-order valence-corrected chi connectivity index (χ2v) is 5.97. The van der Waals surface area contributed by atoms with Crippen LogP contribution in [0, 0.1) is 18.3 Å². The number of amides is 1. The molecule has 0 aliphatic carbocycles. The summed E-state index contributed by atoms with van der Waals surface area (Å²) >= 11 is 12.6. The highest BCUT2D eigenvalue weighted by molar-refractivity contribution is 6.32. The number of halogens is 2. The van der Waals surface area contributed by atoms with Crippen LogP contribution in [0.15, 0.2) is 42.5 Å². The number of aromatic nitrogens is 2. The molecule has 1 amide bonds. The average molecular weight is 375 g/mol. The molecule has 1 heterocycles. The normalized spacial score (nSPS) is 11.0. The first-order chi connectivity index (χ1) is 12.0. The van der Waals surface area contributed by atoms with Gasteiger partial charge in [0.15, 0.2) is 0 Å². The zero-order valence-electron chi connectivity index (χ0n) is 13.6. The summed E-state index contributed by atoms with van der Waals surface area (Å²) in [6, 6.07) is 9.28. The largest absolute Gasteiger partial charge is 0.348 e. The summed E-state index contributed by atoms with van der Waals surface area (Å²) < 4.78 is 1.58. The molecule has 0 radical (unpaired) electrons. The molecule has 1 aromatic carbocycles. The maximum Gasteiger partial charge on any atom is 0.262 e. The summed E-state index contributed by atoms with van der Waals surface area (Å²) in [4.78, 5) is 12.0. The van der Waals surface area contributed by atoms with Crippen LogP contribution in [-0.2, 0) is 11.3 Å². The van der Waals surface area contributed by atoms with E-state index >= 15 is 0 Å². The molecule has 0 saturated carbocycles. The number of hydrogen-bond acceptors (Lipinski definition) is 3. The SMILES string of the molecule is C=CCNC(=O)/C(C#N)=C/c1c(C)nn(Cc2ccccc2Cl)c1Cl. The molecule has 0 aliphatic rings. The maximum absolute atomic E-state index is 12.0. The fourth-order valence-electron chi connectivity index (χ4n) is 2.18. The van der Waals surface area contributed by atoms with E-state index in [1.54, 1.807) is 17.7 Å². The van der Waals surface area contributed by atoms with Crippen molar-refractivity contribution in [1.82, 2.24) is 15.1 Å². The van der Waals surface area contributed by atoms with Gasteiger partial charge in [-0.1, -0.05) is 47.5 Å². The van der Waals surface area contributed by atoms with E-state index in [9.17, 15) is 10.1 Å². The number of rotatable bonds is 6. The van der Waals surface area contributed by atoms with Crippen LogP contribution in [0.3, 0.4) is 0 Å². The van der Waals surface area contributed by atoms with Crippen molar-refractivity contribution in [3.63, 3.8) is 0 Å². The fourth-order valence-corrected chi connectivity index (χ4v) is 2.66. The first-order valence-electron chi connectivity index (χ1n) is 7.45. The quantitative estimate of drug-likeness (QED) is 0.475. The van der Waals surface area contributed by atoms with Gasteiger partial charge in [0.05, 0.1) is 12.2 Å². The Hall–Kier alpha value is -2.55. The van der Waals surface area contributed by atoms with Gasteiger partial charge in [0.1, 0.15) is 16.8 Å². The van der Waals surface area contributed by atoms with Gasteiger partial charge in [0, 0.05) is 17.1 Å². The topological polar surface area (TPSA) is 70.7 Å². The van der Waals surface area contributed by atoms with Crippen LogP contribution in [0.4, 0.5) is 0 Å². The van der Waals surface area contributed by atoms with Crippen molar-refractivity contribution in [3.05, 3.63) is 69.5 Å². The monoisotopic (exact) mass is 374 g/mol. The third-order valence-corrected chi connectivity index (χ3v) is 4.22. The van der Waals surface area contributed by atoms with Crippen molar-refractivity contribution in [2.24, 2.45) is 0 Å². The van der Waals surface area contributed by atoms with Gasteiger partial charge in [-0.05, 0) is 24.6 Å². The minimum Gasteiger partial charge on any atom is -0.348 e. The summed E-state index contributed by atoms with van der Waals surface area (Å²) in [5, 5.41) is 17.1. The van der Waals surface area contributed by atoms with E-state index in [0.29, 0.717) is 28.0 Å². The third kappa shape index (κ3) is 4.50. The van der Waals surface area contributed by atoms with Crippen molar-refractivity contribution in [2.75, 3.05) is 6.54 Å². The van der Waals surface area contributed by atoms with E-state index in [4.69, 9.17) is 23.2 Å². The van der Waals surface area contributed by atoms with Gasteiger partial charge in [0.2, 0.25) is 0 Å². The first kappa shape index (κ1) is 18.8. The minimum atomic E-state index is -0.489. The lowest BCUT2D eigenvalue weighted by Gasteiger charge is -2.05. The predicted octanol–water partition coefficient (Wildman–Crippen LogP) is 3.76. The number of hydrogen-bond donors (Lipinski definition) is 1. The van der Waals surface area contributed by atoms with Crippen LogP contribution in [0.2, 0.25) is 10.2 Å². The molecular formula is C18H16Cl2N4O. The average Bonchev–Trinajstić information content (AvgIpc) is 2.86. The smallest absolute Gasteiger partial charge is 0.262 e. The molecule has 0 saturated heterocycles. The number of nitrogens with zero attached hydrogens (tertiary/aromatic N) is 3. The molecule has 2 aromatic rings. The van der Waals surface area contributed by atoms with E-state index in [2.05, 4.69) is 17.0 Å². The standard InChI is InChI=1S/C18H16Cl2N4O/c1-3-8-22-18(25)14(10-21)9-15-12(2)23-24(17(15)20)11-13-6-4-5-7-16(13)19/h3-7,9H,1,8,11H2,2H3,(H,22,25)/b14-9+. The van der Waals surface area contributed by atoms with Gasteiger partial charge in [0.25, 0.3) is 5.91 Å². The van der Waals surface area contributed by atoms with E-state index in [-0.39, 0.29) is 12.1 Å². The number of aryl methyl sites for hydroxylation is 1. The fraction of sp³-hybridized carbons (Fsp3) is 0.167. The van der Waals surface area contributed by atoms with Crippen molar-refractivity contribution in [1.29, 1.82) is 5.26 Å². The predicted molar refractivity (Wildman–Crippen MR) is 99.3 cm³/mol. The Morgan fingerprint density at radius 1 is 1.44 bits per heavy atom.